The van der Waals surface area contributed by atoms with Crippen molar-refractivity contribution in [3.05, 3.63) is 53.4 Å². The van der Waals surface area contributed by atoms with Crippen LogP contribution in [0.5, 0.6) is 0 Å². The quantitative estimate of drug-likeness (QED) is 0.883. The average Bonchev–Trinajstić information content (AvgIpc) is 3.35. The zero-order valence-corrected chi connectivity index (χ0v) is 14.8. The number of amides is 1. The zero-order chi connectivity index (χ0) is 17.2. The molecule has 2 aliphatic rings. The maximum Gasteiger partial charge on any atom is 0.273 e. The first-order valence-electron chi connectivity index (χ1n) is 9.50. The maximum absolute atomic E-state index is 12.6. The van der Waals surface area contributed by atoms with Gasteiger partial charge >= 0.3 is 0 Å². The summed E-state index contributed by atoms with van der Waals surface area (Å²) < 4.78 is 5.33. The summed E-state index contributed by atoms with van der Waals surface area (Å²) in [5.41, 5.74) is 1.78. The molecule has 4 rings (SSSR count). The summed E-state index contributed by atoms with van der Waals surface area (Å²) >= 11 is 0. The van der Waals surface area contributed by atoms with Gasteiger partial charge in [-0.1, -0.05) is 42.4 Å². The standard InChI is InChI=1S/C21H26N2O2/c1-14-7-10-18(17(11-14)12-15-5-3-2-4-6-15)22-21(24)19-13-20(25-23-19)16-8-9-16/h2-6,13-14,16-18H,7-12H2,1H3,(H,22,24)/t14-,17-,18-/m0/s1. The van der Waals surface area contributed by atoms with Crippen molar-refractivity contribution in [1.29, 1.82) is 0 Å². The van der Waals surface area contributed by atoms with E-state index in [-0.39, 0.29) is 11.9 Å². The molecule has 132 valence electrons. The molecule has 2 saturated carbocycles. The Labute approximate surface area is 149 Å². The van der Waals surface area contributed by atoms with E-state index in [4.69, 9.17) is 4.52 Å². The van der Waals surface area contributed by atoms with Crippen molar-refractivity contribution >= 4 is 5.91 Å². The predicted octanol–water partition coefficient (Wildman–Crippen LogP) is 4.33. The van der Waals surface area contributed by atoms with Crippen LogP contribution in [0, 0.1) is 11.8 Å². The van der Waals surface area contributed by atoms with E-state index in [2.05, 4.69) is 41.7 Å². The molecular formula is C21H26N2O2. The zero-order valence-electron chi connectivity index (χ0n) is 14.8. The number of carbonyl (C=O) groups is 1. The molecule has 25 heavy (non-hydrogen) atoms. The van der Waals surface area contributed by atoms with Crippen molar-refractivity contribution in [3.63, 3.8) is 0 Å². The molecular weight excluding hydrogens is 312 g/mol. The van der Waals surface area contributed by atoms with Crippen molar-refractivity contribution in [2.45, 2.75) is 57.4 Å². The summed E-state index contributed by atoms with van der Waals surface area (Å²) in [6.45, 7) is 2.32. The van der Waals surface area contributed by atoms with Gasteiger partial charge in [0.05, 0.1) is 0 Å². The number of benzene rings is 1. The highest BCUT2D eigenvalue weighted by Crippen LogP contribution is 2.40. The fourth-order valence-corrected chi connectivity index (χ4v) is 4.03. The van der Waals surface area contributed by atoms with Crippen LogP contribution in [0.1, 0.15) is 66.8 Å². The summed E-state index contributed by atoms with van der Waals surface area (Å²) in [6, 6.07) is 12.6. The Morgan fingerprint density at radius 2 is 2.00 bits per heavy atom. The van der Waals surface area contributed by atoms with E-state index in [9.17, 15) is 4.79 Å². The SMILES string of the molecule is C[C@H]1CC[C@H](NC(=O)c2cc(C3CC3)on2)[C@H](Cc2ccccc2)C1. The van der Waals surface area contributed by atoms with E-state index >= 15 is 0 Å². The van der Waals surface area contributed by atoms with Crippen LogP contribution in [0.2, 0.25) is 0 Å². The van der Waals surface area contributed by atoms with Crippen LogP contribution in [-0.4, -0.2) is 17.1 Å². The first-order valence-corrected chi connectivity index (χ1v) is 9.50. The van der Waals surface area contributed by atoms with E-state index in [1.54, 1.807) is 0 Å². The highest BCUT2D eigenvalue weighted by Gasteiger charge is 2.32. The monoisotopic (exact) mass is 338 g/mol. The lowest BCUT2D eigenvalue weighted by atomic mass is 9.76. The normalized spacial score (nSPS) is 26.4. The number of nitrogens with zero attached hydrogens (tertiary/aromatic N) is 1. The molecule has 4 heteroatoms. The molecule has 2 aromatic rings. The Bertz CT molecular complexity index is 721. The summed E-state index contributed by atoms with van der Waals surface area (Å²) in [4.78, 5) is 12.6. The second-order valence-electron chi connectivity index (χ2n) is 7.84. The second kappa shape index (κ2) is 7.03. The molecule has 0 saturated heterocycles. The first-order chi connectivity index (χ1) is 12.2. The number of carbonyl (C=O) groups excluding carboxylic acids is 1. The second-order valence-corrected chi connectivity index (χ2v) is 7.84. The van der Waals surface area contributed by atoms with Crippen LogP contribution in [0.4, 0.5) is 0 Å². The topological polar surface area (TPSA) is 55.1 Å². The van der Waals surface area contributed by atoms with Gasteiger partial charge in [0.25, 0.3) is 5.91 Å². The van der Waals surface area contributed by atoms with Gasteiger partial charge in [0.15, 0.2) is 5.69 Å². The van der Waals surface area contributed by atoms with Gasteiger partial charge in [-0.05, 0) is 55.9 Å². The molecule has 1 N–H and O–H groups in total. The van der Waals surface area contributed by atoms with Crippen molar-refractivity contribution < 1.29 is 9.32 Å². The van der Waals surface area contributed by atoms with Crippen LogP contribution >= 0.6 is 0 Å². The molecule has 0 radical (unpaired) electrons. The lowest BCUT2D eigenvalue weighted by Gasteiger charge is -2.35. The Morgan fingerprint density at radius 3 is 2.76 bits per heavy atom. The summed E-state index contributed by atoms with van der Waals surface area (Å²) in [5.74, 6) is 2.45. The maximum atomic E-state index is 12.6. The molecule has 0 spiro atoms. The van der Waals surface area contributed by atoms with Crippen LogP contribution in [0.3, 0.4) is 0 Å². The minimum atomic E-state index is -0.0896. The first kappa shape index (κ1) is 16.4. The summed E-state index contributed by atoms with van der Waals surface area (Å²) in [6.07, 6.45) is 6.68. The Balaban J connectivity index is 1.43. The molecule has 3 atom stereocenters. The third-order valence-electron chi connectivity index (χ3n) is 5.64. The molecule has 0 bridgehead atoms. The van der Waals surface area contributed by atoms with Crippen LogP contribution in [0.15, 0.2) is 40.9 Å². The van der Waals surface area contributed by atoms with E-state index in [0.717, 1.165) is 43.8 Å². The van der Waals surface area contributed by atoms with Crippen molar-refractivity contribution in [2.75, 3.05) is 0 Å². The average molecular weight is 338 g/mol. The Kier molecular flexibility index (Phi) is 4.60. The van der Waals surface area contributed by atoms with Gasteiger partial charge in [0.2, 0.25) is 0 Å². The van der Waals surface area contributed by atoms with E-state index < -0.39 is 0 Å². The minimum absolute atomic E-state index is 0.0896. The molecule has 2 fully saturated rings. The van der Waals surface area contributed by atoms with E-state index in [1.165, 1.54) is 12.0 Å². The molecule has 4 nitrogen and oxygen atoms in total. The fraction of sp³-hybridized carbons (Fsp3) is 0.524. The summed E-state index contributed by atoms with van der Waals surface area (Å²) in [5, 5.41) is 7.22. The Morgan fingerprint density at radius 1 is 1.20 bits per heavy atom. The van der Waals surface area contributed by atoms with Crippen molar-refractivity contribution in [2.24, 2.45) is 11.8 Å². The van der Waals surface area contributed by atoms with Gasteiger partial charge < -0.3 is 9.84 Å². The highest BCUT2D eigenvalue weighted by molar-refractivity contribution is 5.92. The largest absolute Gasteiger partial charge is 0.360 e. The molecule has 1 aromatic carbocycles. The lowest BCUT2D eigenvalue weighted by Crippen LogP contribution is -2.44. The number of rotatable bonds is 5. The number of hydrogen-bond acceptors (Lipinski definition) is 3. The molecule has 2 aliphatic carbocycles. The minimum Gasteiger partial charge on any atom is -0.360 e. The molecule has 0 aliphatic heterocycles. The van der Waals surface area contributed by atoms with E-state index in [1.807, 2.05) is 12.1 Å². The predicted molar refractivity (Wildman–Crippen MR) is 96.4 cm³/mol. The smallest absolute Gasteiger partial charge is 0.273 e. The van der Waals surface area contributed by atoms with Gasteiger partial charge in [0, 0.05) is 18.0 Å². The third kappa shape index (κ3) is 3.94. The van der Waals surface area contributed by atoms with Gasteiger partial charge in [-0.3, -0.25) is 4.79 Å². The van der Waals surface area contributed by atoms with Crippen LogP contribution < -0.4 is 5.32 Å². The molecule has 1 heterocycles. The molecule has 0 unspecified atom stereocenters. The van der Waals surface area contributed by atoms with E-state index in [0.29, 0.717) is 17.5 Å². The van der Waals surface area contributed by atoms with Crippen molar-refractivity contribution in [1.82, 2.24) is 10.5 Å². The molecule has 1 aromatic heterocycles. The fourth-order valence-electron chi connectivity index (χ4n) is 4.03. The van der Waals surface area contributed by atoms with Gasteiger partial charge in [-0.25, -0.2) is 0 Å². The Hall–Kier alpha value is -2.10. The third-order valence-corrected chi connectivity index (χ3v) is 5.64. The van der Waals surface area contributed by atoms with Gasteiger partial charge in [-0.2, -0.15) is 0 Å². The number of hydrogen-bond donors (Lipinski definition) is 1. The highest BCUT2D eigenvalue weighted by atomic mass is 16.5. The lowest BCUT2D eigenvalue weighted by molar-refractivity contribution is 0.0883. The van der Waals surface area contributed by atoms with Gasteiger partial charge in [0.1, 0.15) is 5.76 Å². The van der Waals surface area contributed by atoms with Crippen LogP contribution in [-0.2, 0) is 6.42 Å². The molecule has 1 amide bonds. The summed E-state index contributed by atoms with van der Waals surface area (Å²) in [7, 11) is 0. The number of nitrogens with one attached hydrogen (secondary N) is 1. The van der Waals surface area contributed by atoms with Gasteiger partial charge in [-0.15, -0.1) is 0 Å². The van der Waals surface area contributed by atoms with Crippen LogP contribution in [0.25, 0.3) is 0 Å². The number of aromatic nitrogens is 1. The van der Waals surface area contributed by atoms with Crippen molar-refractivity contribution in [3.8, 4) is 0 Å².